The van der Waals surface area contributed by atoms with E-state index in [9.17, 15) is 9.90 Å². The number of aromatic nitrogens is 2. The van der Waals surface area contributed by atoms with Crippen LogP contribution in [0.15, 0.2) is 30.3 Å². The Morgan fingerprint density at radius 3 is 2.70 bits per heavy atom. The predicted octanol–water partition coefficient (Wildman–Crippen LogP) is 1.73. The zero-order chi connectivity index (χ0) is 16.8. The number of carbonyl (C=O) groups is 1. The summed E-state index contributed by atoms with van der Waals surface area (Å²) in [5.74, 6) is 0.431. The van der Waals surface area contributed by atoms with Crippen LogP contribution in [0.4, 0.5) is 0 Å². The van der Waals surface area contributed by atoms with Gasteiger partial charge < -0.3 is 15.2 Å². The van der Waals surface area contributed by atoms with E-state index in [0.29, 0.717) is 12.4 Å². The van der Waals surface area contributed by atoms with Crippen LogP contribution in [-0.2, 0) is 24.8 Å². The number of hydrogen-bond donors (Lipinski definition) is 2. The van der Waals surface area contributed by atoms with E-state index >= 15 is 0 Å². The Morgan fingerprint density at radius 2 is 2.09 bits per heavy atom. The highest BCUT2D eigenvalue weighted by molar-refractivity contribution is 5.76. The fourth-order valence-electron chi connectivity index (χ4n) is 2.55. The van der Waals surface area contributed by atoms with Gasteiger partial charge in [0.1, 0.15) is 0 Å². The maximum absolute atomic E-state index is 12.1. The van der Waals surface area contributed by atoms with Gasteiger partial charge in [-0.3, -0.25) is 4.79 Å². The topological polar surface area (TPSA) is 76.4 Å². The van der Waals surface area contributed by atoms with Crippen molar-refractivity contribution in [3.8, 4) is 5.88 Å². The molecule has 0 fully saturated rings. The standard InChI is InChI=1S/C17H23N3O3/c1-4-14-13(17(23-3)20(2)19-14)11-18-16(22)10-15(21)12-8-6-5-7-9-12/h5-9,15,21H,4,10-11H2,1-3H3,(H,18,22). The minimum Gasteiger partial charge on any atom is -0.481 e. The summed E-state index contributed by atoms with van der Waals surface area (Å²) in [6.07, 6.45) is -0.0269. The molecule has 2 aromatic rings. The minimum atomic E-state index is -0.808. The summed E-state index contributed by atoms with van der Waals surface area (Å²) in [7, 11) is 3.39. The highest BCUT2D eigenvalue weighted by Gasteiger charge is 2.18. The summed E-state index contributed by atoms with van der Waals surface area (Å²) in [4.78, 5) is 12.1. The summed E-state index contributed by atoms with van der Waals surface area (Å²) in [6, 6.07) is 9.15. The number of methoxy groups -OCH3 is 1. The molecule has 0 bridgehead atoms. The largest absolute Gasteiger partial charge is 0.481 e. The summed E-state index contributed by atoms with van der Waals surface area (Å²) >= 11 is 0. The van der Waals surface area contributed by atoms with E-state index in [4.69, 9.17) is 4.74 Å². The van der Waals surface area contributed by atoms with Crippen LogP contribution >= 0.6 is 0 Å². The average Bonchev–Trinajstić information content (AvgIpc) is 2.88. The Kier molecular flexibility index (Phi) is 5.76. The quantitative estimate of drug-likeness (QED) is 0.815. The minimum absolute atomic E-state index is 0.0219. The van der Waals surface area contributed by atoms with Gasteiger partial charge in [-0.05, 0) is 12.0 Å². The number of nitrogens with zero attached hydrogens (tertiary/aromatic N) is 2. The second-order valence-electron chi connectivity index (χ2n) is 5.32. The maximum Gasteiger partial charge on any atom is 0.223 e. The van der Waals surface area contributed by atoms with Crippen molar-refractivity contribution in [3.05, 3.63) is 47.2 Å². The molecule has 1 heterocycles. The molecule has 0 aliphatic rings. The molecular weight excluding hydrogens is 294 g/mol. The Bertz CT molecular complexity index is 653. The molecule has 1 atom stereocenters. The number of aliphatic hydroxyl groups excluding tert-OH is 1. The molecule has 1 unspecified atom stereocenters. The van der Waals surface area contributed by atoms with Crippen molar-refractivity contribution >= 4 is 5.91 Å². The lowest BCUT2D eigenvalue weighted by molar-refractivity contribution is -0.123. The van der Waals surface area contributed by atoms with E-state index in [1.807, 2.05) is 32.2 Å². The van der Waals surface area contributed by atoms with Crippen molar-refractivity contribution in [2.24, 2.45) is 7.05 Å². The van der Waals surface area contributed by atoms with Crippen LogP contribution in [0.2, 0.25) is 0 Å². The number of aryl methyl sites for hydroxylation is 2. The zero-order valence-electron chi connectivity index (χ0n) is 13.7. The van der Waals surface area contributed by atoms with Gasteiger partial charge in [-0.25, -0.2) is 4.68 Å². The third kappa shape index (κ3) is 4.10. The second kappa shape index (κ2) is 7.78. The molecule has 0 aliphatic heterocycles. The molecule has 6 heteroatoms. The van der Waals surface area contributed by atoms with Gasteiger partial charge in [0.15, 0.2) is 0 Å². The van der Waals surface area contributed by atoms with Crippen LogP contribution in [0.25, 0.3) is 0 Å². The van der Waals surface area contributed by atoms with E-state index in [2.05, 4.69) is 10.4 Å². The van der Waals surface area contributed by atoms with E-state index in [0.717, 1.165) is 23.2 Å². The number of hydrogen-bond acceptors (Lipinski definition) is 4. The highest BCUT2D eigenvalue weighted by atomic mass is 16.5. The van der Waals surface area contributed by atoms with Gasteiger partial charge in [0.25, 0.3) is 0 Å². The third-order valence-electron chi connectivity index (χ3n) is 3.72. The van der Waals surface area contributed by atoms with Gasteiger partial charge in [0.05, 0.1) is 30.9 Å². The van der Waals surface area contributed by atoms with Crippen molar-refractivity contribution < 1.29 is 14.6 Å². The molecule has 1 amide bonds. The molecule has 0 radical (unpaired) electrons. The molecule has 0 spiro atoms. The Labute approximate surface area is 136 Å². The molecule has 6 nitrogen and oxygen atoms in total. The molecule has 124 valence electrons. The van der Waals surface area contributed by atoms with Crippen LogP contribution in [0.3, 0.4) is 0 Å². The lowest BCUT2D eigenvalue weighted by Gasteiger charge is -2.12. The Hall–Kier alpha value is -2.34. The number of aliphatic hydroxyl groups is 1. The molecule has 0 saturated heterocycles. The fraction of sp³-hybridized carbons (Fsp3) is 0.412. The first-order chi connectivity index (χ1) is 11.1. The zero-order valence-corrected chi connectivity index (χ0v) is 13.7. The molecule has 23 heavy (non-hydrogen) atoms. The van der Waals surface area contributed by atoms with Gasteiger partial charge in [0.2, 0.25) is 11.8 Å². The summed E-state index contributed by atoms with van der Waals surface area (Å²) in [6.45, 7) is 2.34. The van der Waals surface area contributed by atoms with Crippen molar-refractivity contribution in [2.45, 2.75) is 32.4 Å². The summed E-state index contributed by atoms with van der Waals surface area (Å²) in [5.41, 5.74) is 2.50. The number of rotatable bonds is 7. The van der Waals surface area contributed by atoms with Crippen molar-refractivity contribution in [2.75, 3.05) is 7.11 Å². The Balaban J connectivity index is 1.97. The van der Waals surface area contributed by atoms with Crippen molar-refractivity contribution in [1.82, 2.24) is 15.1 Å². The summed E-state index contributed by atoms with van der Waals surface area (Å²) < 4.78 is 7.01. The van der Waals surface area contributed by atoms with Crippen LogP contribution < -0.4 is 10.1 Å². The van der Waals surface area contributed by atoms with Crippen LogP contribution in [0.1, 0.15) is 36.3 Å². The highest BCUT2D eigenvalue weighted by Crippen LogP contribution is 2.22. The number of benzene rings is 1. The Morgan fingerprint density at radius 1 is 1.39 bits per heavy atom. The molecule has 1 aromatic carbocycles. The SMILES string of the molecule is CCc1nn(C)c(OC)c1CNC(=O)CC(O)c1ccccc1. The molecule has 2 N–H and O–H groups in total. The van der Waals surface area contributed by atoms with E-state index in [1.165, 1.54) is 0 Å². The molecule has 1 aromatic heterocycles. The number of carbonyl (C=O) groups excluding carboxylic acids is 1. The number of nitrogens with one attached hydrogen (secondary N) is 1. The van der Waals surface area contributed by atoms with Gasteiger partial charge in [-0.15, -0.1) is 0 Å². The number of amides is 1. The van der Waals surface area contributed by atoms with Gasteiger partial charge >= 0.3 is 0 Å². The average molecular weight is 317 g/mol. The van der Waals surface area contributed by atoms with Gasteiger partial charge in [0, 0.05) is 13.6 Å². The van der Waals surface area contributed by atoms with Crippen molar-refractivity contribution in [3.63, 3.8) is 0 Å². The lowest BCUT2D eigenvalue weighted by atomic mass is 10.1. The maximum atomic E-state index is 12.1. The van der Waals surface area contributed by atoms with Crippen LogP contribution in [0.5, 0.6) is 5.88 Å². The molecular formula is C17H23N3O3. The molecule has 2 rings (SSSR count). The first kappa shape index (κ1) is 17.0. The molecule has 0 aliphatic carbocycles. The first-order valence-electron chi connectivity index (χ1n) is 7.65. The molecule has 0 saturated carbocycles. The van der Waals surface area contributed by atoms with E-state index in [-0.39, 0.29) is 12.3 Å². The van der Waals surface area contributed by atoms with Crippen LogP contribution in [-0.4, -0.2) is 27.9 Å². The fourth-order valence-corrected chi connectivity index (χ4v) is 2.55. The van der Waals surface area contributed by atoms with E-state index in [1.54, 1.807) is 23.9 Å². The predicted molar refractivity (Wildman–Crippen MR) is 87.0 cm³/mol. The van der Waals surface area contributed by atoms with Crippen LogP contribution in [0, 0.1) is 0 Å². The normalized spacial score (nSPS) is 12.0. The second-order valence-corrected chi connectivity index (χ2v) is 5.32. The first-order valence-corrected chi connectivity index (χ1v) is 7.65. The third-order valence-corrected chi connectivity index (χ3v) is 3.72. The van der Waals surface area contributed by atoms with Gasteiger partial charge in [-0.2, -0.15) is 5.10 Å². The van der Waals surface area contributed by atoms with Gasteiger partial charge in [-0.1, -0.05) is 37.3 Å². The lowest BCUT2D eigenvalue weighted by Crippen LogP contribution is -2.25. The summed E-state index contributed by atoms with van der Waals surface area (Å²) in [5, 5.41) is 17.3. The van der Waals surface area contributed by atoms with E-state index < -0.39 is 6.10 Å². The monoisotopic (exact) mass is 317 g/mol. The smallest absolute Gasteiger partial charge is 0.223 e. The number of ether oxygens (including phenoxy) is 1. The van der Waals surface area contributed by atoms with Crippen molar-refractivity contribution in [1.29, 1.82) is 0 Å².